The van der Waals surface area contributed by atoms with Gasteiger partial charge in [0.2, 0.25) is 0 Å². The Bertz CT molecular complexity index is 581. The van der Waals surface area contributed by atoms with E-state index in [1.54, 1.807) is 6.20 Å². The first-order valence-corrected chi connectivity index (χ1v) is 7.09. The molecule has 7 heteroatoms. The lowest BCUT2D eigenvalue weighted by molar-refractivity contribution is 0.240. The molecule has 0 unspecified atom stereocenters. The van der Waals surface area contributed by atoms with Crippen molar-refractivity contribution in [3.05, 3.63) is 12.0 Å². The zero-order chi connectivity index (χ0) is 14.2. The Balaban J connectivity index is 1.83. The molecule has 1 saturated carbocycles. The van der Waals surface area contributed by atoms with Gasteiger partial charge in [-0.15, -0.1) is 0 Å². The van der Waals surface area contributed by atoms with E-state index in [9.17, 15) is 0 Å². The Kier molecular flexibility index (Phi) is 3.21. The van der Waals surface area contributed by atoms with Crippen molar-refractivity contribution < 1.29 is 4.52 Å². The minimum absolute atomic E-state index is 0.306. The topological polar surface area (TPSA) is 96.9 Å². The molecular weight excluding hydrogens is 256 g/mol. The third kappa shape index (κ3) is 2.07. The quantitative estimate of drug-likeness (QED) is 0.861. The molecule has 2 heterocycles. The fraction of sp³-hybridized carbons (Fsp3) is 0.615. The molecule has 3 N–H and O–H groups in total. The molecule has 0 bridgehead atoms. The average Bonchev–Trinajstić information content (AvgIpc) is 3.06. The fourth-order valence-electron chi connectivity index (χ4n) is 2.44. The van der Waals surface area contributed by atoms with E-state index >= 15 is 0 Å². The summed E-state index contributed by atoms with van der Waals surface area (Å²) in [6.45, 7) is 5.80. The van der Waals surface area contributed by atoms with E-state index in [1.807, 2.05) is 4.90 Å². The SMILES string of the molecule is CCN(CC)c1noc(-c2cnc(C3(N)CCC3)[nH]2)n1. The molecule has 3 rings (SSSR count). The maximum atomic E-state index is 6.24. The Morgan fingerprint density at radius 3 is 2.75 bits per heavy atom. The Hall–Kier alpha value is -1.89. The minimum Gasteiger partial charge on any atom is -0.339 e. The van der Waals surface area contributed by atoms with Gasteiger partial charge < -0.3 is 20.1 Å². The van der Waals surface area contributed by atoms with Crippen LogP contribution in [-0.2, 0) is 5.54 Å². The molecule has 0 aromatic carbocycles. The molecule has 1 aliphatic rings. The van der Waals surface area contributed by atoms with E-state index < -0.39 is 0 Å². The largest absolute Gasteiger partial charge is 0.339 e. The second kappa shape index (κ2) is 4.90. The van der Waals surface area contributed by atoms with Crippen LogP contribution in [0.15, 0.2) is 10.7 Å². The van der Waals surface area contributed by atoms with Gasteiger partial charge >= 0.3 is 0 Å². The van der Waals surface area contributed by atoms with Crippen molar-refractivity contribution in [2.24, 2.45) is 5.73 Å². The first-order valence-electron chi connectivity index (χ1n) is 7.09. The number of anilines is 1. The molecule has 0 amide bonds. The highest BCUT2D eigenvalue weighted by atomic mass is 16.5. The maximum absolute atomic E-state index is 6.24. The number of H-pyrrole nitrogens is 1. The smallest absolute Gasteiger partial charge is 0.277 e. The summed E-state index contributed by atoms with van der Waals surface area (Å²) in [7, 11) is 0. The molecule has 1 fully saturated rings. The summed E-state index contributed by atoms with van der Waals surface area (Å²) < 4.78 is 5.30. The lowest BCUT2D eigenvalue weighted by Crippen LogP contribution is -2.44. The van der Waals surface area contributed by atoms with Crippen molar-refractivity contribution in [1.29, 1.82) is 0 Å². The van der Waals surface area contributed by atoms with Crippen LogP contribution in [0.2, 0.25) is 0 Å². The molecule has 20 heavy (non-hydrogen) atoms. The van der Waals surface area contributed by atoms with Gasteiger partial charge in [0.25, 0.3) is 11.8 Å². The summed E-state index contributed by atoms with van der Waals surface area (Å²) in [5.74, 6) is 1.86. The number of hydrogen-bond acceptors (Lipinski definition) is 6. The van der Waals surface area contributed by atoms with Gasteiger partial charge in [-0.25, -0.2) is 4.98 Å². The average molecular weight is 276 g/mol. The van der Waals surface area contributed by atoms with Crippen molar-refractivity contribution in [3.8, 4) is 11.6 Å². The zero-order valence-electron chi connectivity index (χ0n) is 11.9. The summed E-state index contributed by atoms with van der Waals surface area (Å²) in [6, 6.07) is 0. The Labute approximate surface area is 117 Å². The van der Waals surface area contributed by atoms with Crippen LogP contribution in [0.3, 0.4) is 0 Å². The molecule has 0 saturated heterocycles. The predicted octanol–water partition coefficient (Wildman–Crippen LogP) is 1.64. The second-order valence-electron chi connectivity index (χ2n) is 5.23. The number of nitrogens with two attached hydrogens (primary N) is 1. The van der Waals surface area contributed by atoms with Gasteiger partial charge in [-0.3, -0.25) is 0 Å². The van der Waals surface area contributed by atoms with E-state index in [0.717, 1.165) is 43.9 Å². The first-order chi connectivity index (χ1) is 9.66. The zero-order valence-corrected chi connectivity index (χ0v) is 11.9. The lowest BCUT2D eigenvalue weighted by Gasteiger charge is -2.35. The number of aromatic nitrogens is 4. The highest BCUT2D eigenvalue weighted by Crippen LogP contribution is 2.37. The highest BCUT2D eigenvalue weighted by Gasteiger charge is 2.37. The summed E-state index contributed by atoms with van der Waals surface area (Å²) >= 11 is 0. The number of aromatic amines is 1. The van der Waals surface area contributed by atoms with E-state index in [-0.39, 0.29) is 5.54 Å². The maximum Gasteiger partial charge on any atom is 0.277 e. The molecule has 0 radical (unpaired) electrons. The summed E-state index contributed by atoms with van der Waals surface area (Å²) in [6.07, 6.45) is 4.80. The Morgan fingerprint density at radius 1 is 1.40 bits per heavy atom. The summed E-state index contributed by atoms with van der Waals surface area (Å²) in [5.41, 5.74) is 6.66. The number of hydrogen-bond donors (Lipinski definition) is 2. The van der Waals surface area contributed by atoms with Crippen molar-refractivity contribution in [3.63, 3.8) is 0 Å². The van der Waals surface area contributed by atoms with Gasteiger partial charge in [0, 0.05) is 13.1 Å². The van der Waals surface area contributed by atoms with Gasteiger partial charge in [-0.05, 0) is 38.3 Å². The molecule has 0 aliphatic heterocycles. The predicted molar refractivity (Wildman–Crippen MR) is 75.2 cm³/mol. The minimum atomic E-state index is -0.306. The van der Waals surface area contributed by atoms with Crippen molar-refractivity contribution in [2.75, 3.05) is 18.0 Å². The van der Waals surface area contributed by atoms with Crippen LogP contribution in [0.4, 0.5) is 5.95 Å². The molecular formula is C13H20N6O. The van der Waals surface area contributed by atoms with Crippen LogP contribution in [0.5, 0.6) is 0 Å². The standard InChI is InChI=1S/C13H20N6O/c1-3-19(4-2)12-17-10(20-18-12)9-8-15-11(16-9)13(14)6-5-7-13/h8H,3-7,14H2,1-2H3,(H,15,16). The van der Waals surface area contributed by atoms with E-state index in [0.29, 0.717) is 11.8 Å². The molecule has 0 atom stereocenters. The van der Waals surface area contributed by atoms with Gasteiger partial charge in [0.1, 0.15) is 11.5 Å². The van der Waals surface area contributed by atoms with Crippen LogP contribution < -0.4 is 10.6 Å². The van der Waals surface area contributed by atoms with Crippen LogP contribution >= 0.6 is 0 Å². The van der Waals surface area contributed by atoms with E-state index in [1.165, 1.54) is 0 Å². The van der Waals surface area contributed by atoms with Gasteiger partial charge in [-0.2, -0.15) is 4.98 Å². The molecule has 108 valence electrons. The Morgan fingerprint density at radius 2 is 2.15 bits per heavy atom. The summed E-state index contributed by atoms with van der Waals surface area (Å²) in [5, 5.41) is 4.00. The molecule has 0 spiro atoms. The van der Waals surface area contributed by atoms with Gasteiger partial charge in [0.05, 0.1) is 11.7 Å². The lowest BCUT2D eigenvalue weighted by atomic mass is 9.77. The van der Waals surface area contributed by atoms with Crippen molar-refractivity contribution in [1.82, 2.24) is 20.1 Å². The normalized spacial score (nSPS) is 16.9. The summed E-state index contributed by atoms with van der Waals surface area (Å²) in [4.78, 5) is 14.0. The van der Waals surface area contributed by atoms with Crippen LogP contribution in [-0.4, -0.2) is 33.2 Å². The number of nitrogens with zero attached hydrogens (tertiary/aromatic N) is 4. The highest BCUT2D eigenvalue weighted by molar-refractivity contribution is 5.48. The van der Waals surface area contributed by atoms with Gasteiger partial charge in [-0.1, -0.05) is 0 Å². The molecule has 2 aromatic heterocycles. The number of nitrogens with one attached hydrogen (secondary N) is 1. The van der Waals surface area contributed by atoms with Crippen LogP contribution in [0, 0.1) is 0 Å². The van der Waals surface area contributed by atoms with Crippen molar-refractivity contribution >= 4 is 5.95 Å². The van der Waals surface area contributed by atoms with Crippen molar-refractivity contribution in [2.45, 2.75) is 38.6 Å². The number of rotatable bonds is 5. The first kappa shape index (κ1) is 13.1. The fourth-order valence-corrected chi connectivity index (χ4v) is 2.44. The number of imidazole rings is 1. The third-order valence-corrected chi connectivity index (χ3v) is 3.99. The molecule has 1 aliphatic carbocycles. The second-order valence-corrected chi connectivity index (χ2v) is 5.23. The molecule has 2 aromatic rings. The van der Waals surface area contributed by atoms with Crippen LogP contribution in [0.25, 0.3) is 11.6 Å². The van der Waals surface area contributed by atoms with E-state index in [2.05, 4.69) is 34.0 Å². The van der Waals surface area contributed by atoms with Gasteiger partial charge in [0.15, 0.2) is 0 Å². The van der Waals surface area contributed by atoms with Crippen LogP contribution in [0.1, 0.15) is 38.9 Å². The monoisotopic (exact) mass is 276 g/mol. The molecule has 7 nitrogen and oxygen atoms in total. The van der Waals surface area contributed by atoms with E-state index in [4.69, 9.17) is 10.3 Å². The third-order valence-electron chi connectivity index (χ3n) is 3.99.